The summed E-state index contributed by atoms with van der Waals surface area (Å²) in [7, 11) is 1.34. The smallest absolute Gasteiger partial charge is 0.306 e. The van der Waals surface area contributed by atoms with Crippen molar-refractivity contribution in [3.8, 4) is 0 Å². The van der Waals surface area contributed by atoms with Crippen molar-refractivity contribution in [3.63, 3.8) is 0 Å². The number of amides is 1. The summed E-state index contributed by atoms with van der Waals surface area (Å²) < 4.78 is 16.4. The van der Waals surface area contributed by atoms with E-state index in [1.165, 1.54) is 7.11 Å². The molecule has 0 aromatic heterocycles. The van der Waals surface area contributed by atoms with Gasteiger partial charge in [0.15, 0.2) is 5.79 Å². The van der Waals surface area contributed by atoms with E-state index >= 15 is 0 Å². The fourth-order valence-electron chi connectivity index (χ4n) is 4.20. The fraction of sp³-hybridized carbons (Fsp3) is 0.857. The van der Waals surface area contributed by atoms with Crippen LogP contribution in [0.1, 0.15) is 33.1 Å². The zero-order valence-corrected chi connectivity index (χ0v) is 12.2. The average Bonchev–Trinajstić information content (AvgIpc) is 3.02. The van der Waals surface area contributed by atoms with Gasteiger partial charge < -0.3 is 19.5 Å². The van der Waals surface area contributed by atoms with E-state index in [1.807, 2.05) is 13.8 Å². The molecule has 6 nitrogen and oxygen atoms in total. The van der Waals surface area contributed by atoms with Gasteiger partial charge in [-0.1, -0.05) is 6.92 Å². The Labute approximate surface area is 118 Å². The van der Waals surface area contributed by atoms with Gasteiger partial charge in [-0.25, -0.2) is 0 Å². The molecule has 3 aliphatic rings. The molecule has 6 heteroatoms. The lowest BCUT2D eigenvalue weighted by atomic mass is 9.67. The molecular weight excluding hydrogens is 262 g/mol. The Bertz CT molecular complexity index is 458. The molecule has 0 aromatic rings. The summed E-state index contributed by atoms with van der Waals surface area (Å²) in [6, 6.07) is 0. The van der Waals surface area contributed by atoms with Gasteiger partial charge in [0.25, 0.3) is 0 Å². The number of ether oxygens (including phenoxy) is 3. The molecule has 3 atom stereocenters. The largest absolute Gasteiger partial charge is 0.469 e. The van der Waals surface area contributed by atoms with E-state index in [1.54, 1.807) is 0 Å². The molecule has 0 aromatic carbocycles. The summed E-state index contributed by atoms with van der Waals surface area (Å²) in [5.41, 5.74) is -0.977. The Kier molecular flexibility index (Phi) is 2.89. The Hall–Kier alpha value is -1.14. The molecule has 2 aliphatic heterocycles. The van der Waals surface area contributed by atoms with Crippen LogP contribution >= 0.6 is 0 Å². The molecule has 0 radical (unpaired) electrons. The van der Waals surface area contributed by atoms with Crippen LogP contribution in [0.3, 0.4) is 0 Å². The molecule has 20 heavy (non-hydrogen) atoms. The number of hydrogen-bond donors (Lipinski definition) is 1. The number of methoxy groups -OCH3 is 1. The van der Waals surface area contributed by atoms with Crippen LogP contribution in [0.5, 0.6) is 0 Å². The van der Waals surface area contributed by atoms with Crippen LogP contribution in [0.2, 0.25) is 0 Å². The van der Waals surface area contributed by atoms with E-state index in [0.717, 1.165) is 12.8 Å². The summed E-state index contributed by atoms with van der Waals surface area (Å²) >= 11 is 0. The van der Waals surface area contributed by atoms with Crippen molar-refractivity contribution in [3.05, 3.63) is 0 Å². The lowest BCUT2D eigenvalue weighted by Gasteiger charge is -2.43. The van der Waals surface area contributed by atoms with E-state index in [0.29, 0.717) is 13.2 Å². The van der Waals surface area contributed by atoms with Gasteiger partial charge in [0, 0.05) is 11.8 Å². The predicted molar refractivity (Wildman–Crippen MR) is 68.6 cm³/mol. The lowest BCUT2D eigenvalue weighted by Crippen LogP contribution is -2.61. The monoisotopic (exact) mass is 283 g/mol. The highest BCUT2D eigenvalue weighted by molar-refractivity contribution is 5.88. The Balaban J connectivity index is 1.95. The lowest BCUT2D eigenvalue weighted by molar-refractivity contribution is -0.203. The third-order valence-electron chi connectivity index (χ3n) is 5.69. The van der Waals surface area contributed by atoms with Crippen molar-refractivity contribution in [1.82, 2.24) is 5.32 Å². The topological polar surface area (TPSA) is 73.9 Å². The Morgan fingerprint density at radius 1 is 1.35 bits per heavy atom. The first kappa shape index (κ1) is 13.8. The van der Waals surface area contributed by atoms with Gasteiger partial charge in [-0.2, -0.15) is 0 Å². The first-order chi connectivity index (χ1) is 9.38. The maximum Gasteiger partial charge on any atom is 0.306 e. The fourth-order valence-corrected chi connectivity index (χ4v) is 4.20. The Morgan fingerprint density at radius 3 is 2.60 bits per heavy atom. The molecule has 1 aliphatic carbocycles. The first-order valence-corrected chi connectivity index (χ1v) is 7.05. The summed E-state index contributed by atoms with van der Waals surface area (Å²) in [5.74, 6) is -1.61. The van der Waals surface area contributed by atoms with E-state index in [4.69, 9.17) is 14.2 Å². The van der Waals surface area contributed by atoms with Crippen molar-refractivity contribution < 1.29 is 23.8 Å². The van der Waals surface area contributed by atoms with Crippen LogP contribution in [0.25, 0.3) is 0 Å². The minimum atomic E-state index is -0.748. The highest BCUT2D eigenvalue weighted by atomic mass is 16.7. The number of carbonyl (C=O) groups excluding carboxylic acids is 2. The number of rotatable bonds is 2. The highest BCUT2D eigenvalue weighted by Crippen LogP contribution is 2.62. The summed E-state index contributed by atoms with van der Waals surface area (Å²) in [6.45, 7) is 5.10. The highest BCUT2D eigenvalue weighted by Gasteiger charge is 2.73. The molecule has 3 rings (SSSR count). The maximum absolute atomic E-state index is 12.4. The zero-order valence-electron chi connectivity index (χ0n) is 12.2. The van der Waals surface area contributed by atoms with Crippen molar-refractivity contribution in [2.75, 3.05) is 20.3 Å². The second-order valence-corrected chi connectivity index (χ2v) is 6.31. The van der Waals surface area contributed by atoms with Crippen LogP contribution in [0.4, 0.5) is 0 Å². The van der Waals surface area contributed by atoms with Crippen molar-refractivity contribution in [2.45, 2.75) is 44.4 Å². The van der Waals surface area contributed by atoms with Gasteiger partial charge in [-0.05, 0) is 13.3 Å². The number of hydrogen-bond acceptors (Lipinski definition) is 5. The maximum atomic E-state index is 12.4. The van der Waals surface area contributed by atoms with Crippen LogP contribution in [0.15, 0.2) is 0 Å². The van der Waals surface area contributed by atoms with E-state index in [9.17, 15) is 9.59 Å². The molecule has 0 bridgehead atoms. The van der Waals surface area contributed by atoms with Crippen molar-refractivity contribution >= 4 is 11.9 Å². The van der Waals surface area contributed by atoms with Gasteiger partial charge >= 0.3 is 5.97 Å². The molecule has 3 unspecified atom stereocenters. The summed E-state index contributed by atoms with van der Waals surface area (Å²) in [5, 5.41) is 3.05. The van der Waals surface area contributed by atoms with Crippen molar-refractivity contribution in [1.29, 1.82) is 0 Å². The van der Waals surface area contributed by atoms with Crippen LogP contribution in [-0.4, -0.2) is 43.5 Å². The standard InChI is InChI=1S/C14H21NO5/c1-12-4-5-14(19-6-7-20-14)13(12,2)15-11(17)9(12)8-10(16)18-3/h9H,4-8H2,1-3H3,(H,15,17). The van der Waals surface area contributed by atoms with E-state index in [-0.39, 0.29) is 23.7 Å². The van der Waals surface area contributed by atoms with Gasteiger partial charge in [-0.15, -0.1) is 0 Å². The van der Waals surface area contributed by atoms with Crippen LogP contribution < -0.4 is 5.32 Å². The SMILES string of the molecule is COC(=O)CC1C(=O)NC2(C)C3(CCC12C)OCCO3. The number of esters is 1. The van der Waals surface area contributed by atoms with Gasteiger partial charge in [0.1, 0.15) is 0 Å². The van der Waals surface area contributed by atoms with E-state index < -0.39 is 17.2 Å². The summed E-state index contributed by atoms with van der Waals surface area (Å²) in [4.78, 5) is 24.0. The van der Waals surface area contributed by atoms with Gasteiger partial charge in [0.05, 0.1) is 38.2 Å². The molecule has 1 N–H and O–H groups in total. The molecule has 2 heterocycles. The second-order valence-electron chi connectivity index (χ2n) is 6.31. The predicted octanol–water partition coefficient (Wildman–Crippen LogP) is 0.597. The Morgan fingerprint density at radius 2 is 2.00 bits per heavy atom. The molecule has 3 fully saturated rings. The van der Waals surface area contributed by atoms with Crippen LogP contribution in [-0.2, 0) is 23.8 Å². The average molecular weight is 283 g/mol. The quantitative estimate of drug-likeness (QED) is 0.751. The van der Waals surface area contributed by atoms with Gasteiger partial charge in [-0.3, -0.25) is 9.59 Å². The van der Waals surface area contributed by atoms with Crippen molar-refractivity contribution in [2.24, 2.45) is 11.3 Å². The third-order valence-corrected chi connectivity index (χ3v) is 5.69. The number of fused-ring (bicyclic) bond motifs is 2. The third kappa shape index (κ3) is 1.46. The number of carbonyl (C=O) groups is 2. The zero-order chi connectivity index (χ0) is 14.6. The molecule has 2 saturated heterocycles. The molecule has 112 valence electrons. The molecule has 1 amide bonds. The normalized spacial score (nSPS) is 41.8. The molecule has 1 saturated carbocycles. The molecule has 1 spiro atoms. The molecular formula is C14H21NO5. The minimum absolute atomic E-state index is 0.102. The van der Waals surface area contributed by atoms with E-state index in [2.05, 4.69) is 5.32 Å². The summed E-state index contributed by atoms with van der Waals surface area (Å²) in [6.07, 6.45) is 1.62. The minimum Gasteiger partial charge on any atom is -0.469 e. The number of nitrogens with one attached hydrogen (secondary N) is 1. The first-order valence-electron chi connectivity index (χ1n) is 7.05. The second kappa shape index (κ2) is 4.18. The van der Waals surface area contributed by atoms with Gasteiger partial charge in [0.2, 0.25) is 5.91 Å². The van der Waals surface area contributed by atoms with Crippen LogP contribution in [0, 0.1) is 11.3 Å².